The third-order valence-electron chi connectivity index (χ3n) is 2.87. The second-order valence-corrected chi connectivity index (χ2v) is 4.58. The second-order valence-electron chi connectivity index (χ2n) is 4.20. The van der Waals surface area contributed by atoms with Crippen molar-refractivity contribution in [3.63, 3.8) is 0 Å². The van der Waals surface area contributed by atoms with E-state index in [1.54, 1.807) is 24.3 Å². The quantitative estimate of drug-likeness (QED) is 0.657. The maximum atomic E-state index is 13.7. The average molecular weight is 296 g/mol. The molecule has 5 heteroatoms. The predicted molar refractivity (Wildman–Crippen MR) is 77.8 cm³/mol. The summed E-state index contributed by atoms with van der Waals surface area (Å²) in [7, 11) is 0. The van der Waals surface area contributed by atoms with Crippen molar-refractivity contribution >= 4 is 28.3 Å². The van der Waals surface area contributed by atoms with E-state index in [-0.39, 0.29) is 11.7 Å². The number of hydrogen-bond donors (Lipinski definition) is 1. The molecule has 106 valence electrons. The molecule has 20 heavy (non-hydrogen) atoms. The van der Waals surface area contributed by atoms with Crippen molar-refractivity contribution in [1.82, 2.24) is 5.32 Å². The molecular weight excluding hydrogens is 281 g/mol. The van der Waals surface area contributed by atoms with E-state index in [9.17, 15) is 9.18 Å². The summed E-state index contributed by atoms with van der Waals surface area (Å²) in [5.74, 6) is -0.144. The number of ether oxygens (including phenoxy) is 1. The maximum Gasteiger partial charge on any atom is 0.251 e. The minimum absolute atomic E-state index is 0.240. The normalized spacial score (nSPS) is 10.7. The van der Waals surface area contributed by atoms with Crippen molar-refractivity contribution < 1.29 is 13.9 Å². The third-order valence-corrected chi connectivity index (χ3v) is 3.02. The van der Waals surface area contributed by atoms with Crippen LogP contribution in [0.3, 0.4) is 0 Å². The lowest BCUT2D eigenvalue weighted by Gasteiger charge is -2.09. The zero-order valence-electron chi connectivity index (χ0n) is 10.9. The van der Waals surface area contributed by atoms with Crippen LogP contribution >= 0.6 is 11.6 Å². The van der Waals surface area contributed by atoms with Crippen LogP contribution in [0.25, 0.3) is 10.8 Å². The Morgan fingerprint density at radius 3 is 2.65 bits per heavy atom. The predicted octanol–water partition coefficient (Wildman–Crippen LogP) is 2.96. The number of alkyl halides is 1. The Hall–Kier alpha value is -1.65. The topological polar surface area (TPSA) is 38.3 Å². The molecule has 0 spiro atoms. The van der Waals surface area contributed by atoms with Crippen molar-refractivity contribution in [2.45, 2.75) is 0 Å². The van der Waals surface area contributed by atoms with E-state index in [0.29, 0.717) is 42.0 Å². The van der Waals surface area contributed by atoms with E-state index in [1.807, 2.05) is 0 Å². The summed E-state index contributed by atoms with van der Waals surface area (Å²) >= 11 is 5.47. The Morgan fingerprint density at radius 2 is 1.90 bits per heavy atom. The van der Waals surface area contributed by atoms with Gasteiger partial charge in [0.15, 0.2) is 0 Å². The molecule has 1 N–H and O–H groups in total. The highest BCUT2D eigenvalue weighted by Gasteiger charge is 2.11. The molecule has 0 atom stereocenters. The zero-order valence-corrected chi connectivity index (χ0v) is 11.6. The molecule has 0 radical (unpaired) electrons. The van der Waals surface area contributed by atoms with Gasteiger partial charge < -0.3 is 10.1 Å². The molecule has 0 aliphatic rings. The first kappa shape index (κ1) is 14.8. The Morgan fingerprint density at radius 1 is 1.15 bits per heavy atom. The van der Waals surface area contributed by atoms with Crippen LogP contribution in [0.4, 0.5) is 4.39 Å². The van der Waals surface area contributed by atoms with Gasteiger partial charge in [0.2, 0.25) is 0 Å². The van der Waals surface area contributed by atoms with Crippen LogP contribution in [0.15, 0.2) is 36.4 Å². The molecule has 0 saturated heterocycles. The lowest BCUT2D eigenvalue weighted by Crippen LogP contribution is -2.27. The fourth-order valence-corrected chi connectivity index (χ4v) is 2.06. The van der Waals surface area contributed by atoms with Gasteiger partial charge in [0.25, 0.3) is 5.91 Å². The number of benzene rings is 2. The summed E-state index contributed by atoms with van der Waals surface area (Å²) in [6, 6.07) is 9.71. The third kappa shape index (κ3) is 3.46. The van der Waals surface area contributed by atoms with Gasteiger partial charge in [-0.25, -0.2) is 4.39 Å². The van der Waals surface area contributed by atoms with Gasteiger partial charge in [0, 0.05) is 23.4 Å². The Labute approximate surface area is 121 Å². The van der Waals surface area contributed by atoms with Crippen molar-refractivity contribution in [2.24, 2.45) is 0 Å². The zero-order chi connectivity index (χ0) is 14.4. The largest absolute Gasteiger partial charge is 0.378 e. The molecule has 0 fully saturated rings. The molecule has 0 unspecified atom stereocenters. The lowest BCUT2D eigenvalue weighted by atomic mass is 10.0. The van der Waals surface area contributed by atoms with Gasteiger partial charge in [-0.15, -0.1) is 11.6 Å². The van der Waals surface area contributed by atoms with E-state index in [0.717, 1.165) is 0 Å². The van der Waals surface area contributed by atoms with Gasteiger partial charge in [-0.05, 0) is 17.5 Å². The Bertz CT molecular complexity index is 603. The van der Waals surface area contributed by atoms with Gasteiger partial charge in [-0.3, -0.25) is 4.79 Å². The molecule has 0 aliphatic heterocycles. The van der Waals surface area contributed by atoms with Gasteiger partial charge in [-0.2, -0.15) is 0 Å². The van der Waals surface area contributed by atoms with E-state index in [2.05, 4.69) is 5.32 Å². The first-order chi connectivity index (χ1) is 9.74. The maximum absolute atomic E-state index is 13.7. The Kier molecular flexibility index (Phi) is 5.32. The highest BCUT2D eigenvalue weighted by Crippen LogP contribution is 2.21. The number of amides is 1. The lowest BCUT2D eigenvalue weighted by molar-refractivity contribution is 0.0925. The van der Waals surface area contributed by atoms with Crippen LogP contribution in [0.1, 0.15) is 10.4 Å². The van der Waals surface area contributed by atoms with Gasteiger partial charge in [0.05, 0.1) is 13.2 Å². The molecule has 0 aliphatic carbocycles. The molecular formula is C15H15ClFNO2. The van der Waals surface area contributed by atoms with E-state index >= 15 is 0 Å². The molecule has 0 saturated carbocycles. The summed E-state index contributed by atoms with van der Waals surface area (Å²) in [6.07, 6.45) is 0. The fraction of sp³-hybridized carbons (Fsp3) is 0.267. The van der Waals surface area contributed by atoms with Crippen molar-refractivity contribution in [3.05, 3.63) is 47.8 Å². The molecule has 2 aromatic carbocycles. The standard InChI is InChI=1S/C15H15ClFNO2/c16-7-9-20-10-8-18-15(19)13-5-6-14(17)12-4-2-1-3-11(12)13/h1-6H,7-10H2,(H,18,19). The molecule has 2 rings (SSSR count). The number of carbonyl (C=O) groups is 1. The SMILES string of the molecule is O=C(NCCOCCCl)c1ccc(F)c2ccccc12. The Balaban J connectivity index is 2.09. The first-order valence-corrected chi connectivity index (χ1v) is 6.86. The fourth-order valence-electron chi connectivity index (χ4n) is 1.95. The summed E-state index contributed by atoms with van der Waals surface area (Å²) in [4.78, 5) is 12.1. The second kappa shape index (κ2) is 7.22. The number of halogens is 2. The van der Waals surface area contributed by atoms with Crippen LogP contribution in [0, 0.1) is 5.82 Å². The average Bonchev–Trinajstić information content (AvgIpc) is 2.47. The van der Waals surface area contributed by atoms with Crippen molar-refractivity contribution in [1.29, 1.82) is 0 Å². The number of carbonyl (C=O) groups excluding carboxylic acids is 1. The minimum Gasteiger partial charge on any atom is -0.378 e. The monoisotopic (exact) mass is 295 g/mol. The summed E-state index contributed by atoms with van der Waals surface area (Å²) in [5.41, 5.74) is 0.458. The molecule has 3 nitrogen and oxygen atoms in total. The molecule has 2 aromatic rings. The van der Waals surface area contributed by atoms with E-state index in [1.165, 1.54) is 12.1 Å². The van der Waals surface area contributed by atoms with Gasteiger partial charge in [-0.1, -0.05) is 24.3 Å². The van der Waals surface area contributed by atoms with Crippen LogP contribution < -0.4 is 5.32 Å². The van der Waals surface area contributed by atoms with E-state index in [4.69, 9.17) is 16.3 Å². The minimum atomic E-state index is -0.331. The van der Waals surface area contributed by atoms with Gasteiger partial charge >= 0.3 is 0 Å². The number of nitrogens with one attached hydrogen (secondary N) is 1. The summed E-state index contributed by atoms with van der Waals surface area (Å²) < 4.78 is 18.8. The van der Waals surface area contributed by atoms with Gasteiger partial charge in [0.1, 0.15) is 5.82 Å². The molecule has 0 aromatic heterocycles. The highest BCUT2D eigenvalue weighted by molar-refractivity contribution is 6.17. The number of fused-ring (bicyclic) bond motifs is 1. The van der Waals surface area contributed by atoms with Crippen molar-refractivity contribution in [3.8, 4) is 0 Å². The summed E-state index contributed by atoms with van der Waals surface area (Å²) in [5, 5.41) is 3.79. The van der Waals surface area contributed by atoms with Crippen LogP contribution in [0.5, 0.6) is 0 Å². The molecule has 1 amide bonds. The van der Waals surface area contributed by atoms with Crippen LogP contribution in [-0.4, -0.2) is 31.5 Å². The highest BCUT2D eigenvalue weighted by atomic mass is 35.5. The smallest absolute Gasteiger partial charge is 0.251 e. The first-order valence-electron chi connectivity index (χ1n) is 6.33. The number of rotatable bonds is 6. The van der Waals surface area contributed by atoms with E-state index < -0.39 is 0 Å². The molecule has 0 bridgehead atoms. The van der Waals surface area contributed by atoms with Crippen molar-refractivity contribution in [2.75, 3.05) is 25.6 Å². The number of hydrogen-bond acceptors (Lipinski definition) is 2. The van der Waals surface area contributed by atoms with Crippen LogP contribution in [-0.2, 0) is 4.74 Å². The molecule has 0 heterocycles. The van der Waals surface area contributed by atoms with Crippen LogP contribution in [0.2, 0.25) is 0 Å². The summed E-state index contributed by atoms with van der Waals surface area (Å²) in [6.45, 7) is 1.25.